The summed E-state index contributed by atoms with van der Waals surface area (Å²) in [5.41, 5.74) is 0.459. The third-order valence-corrected chi connectivity index (χ3v) is 2.69. The highest BCUT2D eigenvalue weighted by Crippen LogP contribution is 2.22. The molecule has 1 N–H and O–H groups in total. The first-order valence-corrected chi connectivity index (χ1v) is 5.13. The van der Waals surface area contributed by atoms with Gasteiger partial charge < -0.3 is 10.0 Å². The number of benzene rings is 1. The molecule has 0 aromatic heterocycles. The average Bonchev–Trinajstić information content (AvgIpc) is 2.21. The van der Waals surface area contributed by atoms with Gasteiger partial charge in [-0.25, -0.2) is 0 Å². The van der Waals surface area contributed by atoms with Gasteiger partial charge in [-0.1, -0.05) is 23.2 Å². The summed E-state index contributed by atoms with van der Waals surface area (Å²) in [5.74, 6) is -0.192. The van der Waals surface area contributed by atoms with Crippen LogP contribution in [0.3, 0.4) is 0 Å². The van der Waals surface area contributed by atoms with Gasteiger partial charge in [-0.05, 0) is 18.2 Å². The number of hydrogen-bond acceptors (Lipinski definition) is 2. The fourth-order valence-electron chi connectivity index (χ4n) is 1.10. The van der Waals surface area contributed by atoms with E-state index in [1.165, 1.54) is 11.0 Å². The van der Waals surface area contributed by atoms with Crippen LogP contribution in [0.1, 0.15) is 10.4 Å². The number of carbonyl (C=O) groups excluding carboxylic acids is 1. The molecule has 0 aliphatic carbocycles. The van der Waals surface area contributed by atoms with E-state index in [2.05, 4.69) is 0 Å². The number of nitrogens with zero attached hydrogens (tertiary/aromatic N) is 1. The van der Waals surface area contributed by atoms with Crippen molar-refractivity contribution in [3.05, 3.63) is 33.8 Å². The highest BCUT2D eigenvalue weighted by Gasteiger charge is 2.12. The number of likely N-dealkylation sites (N-methyl/N-ethyl adjacent to an activating group) is 1. The summed E-state index contributed by atoms with van der Waals surface area (Å²) < 4.78 is 0. The Bertz CT molecular complexity index is 368. The van der Waals surface area contributed by atoms with E-state index in [1.807, 2.05) is 0 Å². The normalized spacial score (nSPS) is 10.1. The van der Waals surface area contributed by atoms with Crippen LogP contribution in [0.4, 0.5) is 0 Å². The average molecular weight is 248 g/mol. The highest BCUT2D eigenvalue weighted by molar-refractivity contribution is 6.42. The lowest BCUT2D eigenvalue weighted by molar-refractivity contribution is 0.0767. The number of aliphatic hydroxyl groups is 1. The van der Waals surface area contributed by atoms with E-state index < -0.39 is 0 Å². The molecule has 0 aliphatic rings. The van der Waals surface area contributed by atoms with Crippen molar-refractivity contribution in [2.75, 3.05) is 20.2 Å². The molecule has 3 nitrogen and oxygen atoms in total. The van der Waals surface area contributed by atoms with Crippen molar-refractivity contribution in [1.29, 1.82) is 0 Å². The molecule has 0 aliphatic heterocycles. The van der Waals surface area contributed by atoms with Gasteiger partial charge in [0.15, 0.2) is 0 Å². The van der Waals surface area contributed by atoms with Crippen molar-refractivity contribution in [2.45, 2.75) is 0 Å². The Hall–Kier alpha value is -0.770. The molecule has 1 aromatic carbocycles. The van der Waals surface area contributed by atoms with Gasteiger partial charge >= 0.3 is 0 Å². The minimum absolute atomic E-state index is 0.0659. The van der Waals surface area contributed by atoms with Crippen molar-refractivity contribution in [1.82, 2.24) is 4.90 Å². The van der Waals surface area contributed by atoms with Gasteiger partial charge in [0.25, 0.3) is 5.91 Å². The Balaban J connectivity index is 2.87. The number of aliphatic hydroxyl groups excluding tert-OH is 1. The van der Waals surface area contributed by atoms with Gasteiger partial charge in [0.05, 0.1) is 16.7 Å². The summed E-state index contributed by atoms with van der Waals surface area (Å²) in [5, 5.41) is 9.45. The van der Waals surface area contributed by atoms with Crippen LogP contribution in [0.15, 0.2) is 18.2 Å². The molecule has 0 saturated heterocycles. The first-order valence-electron chi connectivity index (χ1n) is 4.37. The largest absolute Gasteiger partial charge is 0.395 e. The number of halogens is 2. The first kappa shape index (κ1) is 12.3. The van der Waals surface area contributed by atoms with E-state index in [4.69, 9.17) is 28.3 Å². The maximum atomic E-state index is 11.7. The third kappa shape index (κ3) is 3.09. The second kappa shape index (κ2) is 5.35. The van der Waals surface area contributed by atoms with Crippen molar-refractivity contribution in [3.8, 4) is 0 Å². The smallest absolute Gasteiger partial charge is 0.253 e. The van der Waals surface area contributed by atoms with Crippen LogP contribution in [-0.2, 0) is 0 Å². The van der Waals surface area contributed by atoms with E-state index in [1.54, 1.807) is 19.2 Å². The zero-order chi connectivity index (χ0) is 11.4. The van der Waals surface area contributed by atoms with E-state index in [0.717, 1.165) is 0 Å². The van der Waals surface area contributed by atoms with Gasteiger partial charge in [-0.2, -0.15) is 0 Å². The quantitative estimate of drug-likeness (QED) is 0.889. The molecule has 0 atom stereocenters. The van der Waals surface area contributed by atoms with Crippen molar-refractivity contribution < 1.29 is 9.90 Å². The van der Waals surface area contributed by atoms with Crippen LogP contribution in [0.5, 0.6) is 0 Å². The molecule has 0 fully saturated rings. The minimum atomic E-state index is -0.192. The van der Waals surface area contributed by atoms with Gasteiger partial charge in [0.2, 0.25) is 0 Å². The molecule has 0 saturated carbocycles. The molecule has 1 aromatic rings. The Morgan fingerprint density at radius 1 is 1.40 bits per heavy atom. The number of amides is 1. The lowest BCUT2D eigenvalue weighted by Gasteiger charge is -2.15. The Labute approximate surface area is 98.2 Å². The number of carbonyl (C=O) groups is 1. The van der Waals surface area contributed by atoms with Crippen molar-refractivity contribution in [3.63, 3.8) is 0 Å². The van der Waals surface area contributed by atoms with Crippen molar-refractivity contribution in [2.24, 2.45) is 0 Å². The van der Waals surface area contributed by atoms with Gasteiger partial charge in [-0.15, -0.1) is 0 Å². The van der Waals surface area contributed by atoms with Gasteiger partial charge in [0, 0.05) is 19.2 Å². The molecular weight excluding hydrogens is 237 g/mol. The summed E-state index contributed by atoms with van der Waals surface area (Å²) in [6, 6.07) is 4.69. The number of rotatable bonds is 3. The molecule has 5 heteroatoms. The lowest BCUT2D eigenvalue weighted by Crippen LogP contribution is -2.29. The van der Waals surface area contributed by atoms with E-state index in [-0.39, 0.29) is 12.5 Å². The molecule has 0 bridgehead atoms. The Kier molecular flexibility index (Phi) is 4.39. The fourth-order valence-corrected chi connectivity index (χ4v) is 1.40. The monoisotopic (exact) mass is 247 g/mol. The van der Waals surface area contributed by atoms with E-state index in [0.29, 0.717) is 22.2 Å². The Morgan fingerprint density at radius 2 is 2.07 bits per heavy atom. The van der Waals surface area contributed by atoms with Crippen LogP contribution >= 0.6 is 23.2 Å². The van der Waals surface area contributed by atoms with Crippen LogP contribution in [0.2, 0.25) is 10.0 Å². The minimum Gasteiger partial charge on any atom is -0.395 e. The molecular formula is C10H11Cl2NO2. The van der Waals surface area contributed by atoms with Gasteiger partial charge in [-0.3, -0.25) is 4.79 Å². The topological polar surface area (TPSA) is 40.5 Å². The fraction of sp³-hybridized carbons (Fsp3) is 0.300. The van der Waals surface area contributed by atoms with E-state index in [9.17, 15) is 4.79 Å². The zero-order valence-electron chi connectivity index (χ0n) is 8.20. The molecule has 15 heavy (non-hydrogen) atoms. The van der Waals surface area contributed by atoms with Crippen LogP contribution < -0.4 is 0 Å². The Morgan fingerprint density at radius 3 is 2.60 bits per heavy atom. The molecule has 0 unspecified atom stereocenters. The maximum Gasteiger partial charge on any atom is 0.253 e. The molecule has 0 spiro atoms. The predicted molar refractivity (Wildman–Crippen MR) is 60.5 cm³/mol. The maximum absolute atomic E-state index is 11.7. The second-order valence-electron chi connectivity index (χ2n) is 3.08. The molecule has 0 heterocycles. The third-order valence-electron chi connectivity index (χ3n) is 1.95. The van der Waals surface area contributed by atoms with Gasteiger partial charge in [0.1, 0.15) is 0 Å². The SMILES string of the molecule is CN(CCO)C(=O)c1ccc(Cl)c(Cl)c1. The highest BCUT2D eigenvalue weighted by atomic mass is 35.5. The summed E-state index contributed by atoms with van der Waals surface area (Å²) in [4.78, 5) is 13.1. The summed E-state index contributed by atoms with van der Waals surface area (Å²) in [7, 11) is 1.61. The first-order chi connectivity index (χ1) is 7.06. The molecule has 82 valence electrons. The van der Waals surface area contributed by atoms with Crippen LogP contribution in [0.25, 0.3) is 0 Å². The van der Waals surface area contributed by atoms with Crippen LogP contribution in [-0.4, -0.2) is 36.1 Å². The predicted octanol–water partition coefficient (Wildman–Crippen LogP) is 2.06. The van der Waals surface area contributed by atoms with Crippen molar-refractivity contribution >= 4 is 29.1 Å². The summed E-state index contributed by atoms with van der Waals surface area (Å²) >= 11 is 11.5. The van der Waals surface area contributed by atoms with Crippen LogP contribution in [0, 0.1) is 0 Å². The summed E-state index contributed by atoms with van der Waals surface area (Å²) in [6.07, 6.45) is 0. The standard InChI is InChI=1S/C10H11Cl2NO2/c1-13(4-5-14)10(15)7-2-3-8(11)9(12)6-7/h2-3,6,14H,4-5H2,1H3. The lowest BCUT2D eigenvalue weighted by atomic mass is 10.2. The molecule has 0 radical (unpaired) electrons. The summed E-state index contributed by atoms with van der Waals surface area (Å²) in [6.45, 7) is 0.225. The zero-order valence-corrected chi connectivity index (χ0v) is 9.72. The second-order valence-corrected chi connectivity index (χ2v) is 3.89. The molecule has 1 rings (SSSR count). The van der Waals surface area contributed by atoms with E-state index >= 15 is 0 Å². The molecule has 1 amide bonds. The number of hydrogen-bond donors (Lipinski definition) is 1.